The highest BCUT2D eigenvalue weighted by molar-refractivity contribution is 6.25. The van der Waals surface area contributed by atoms with Gasteiger partial charge >= 0.3 is 0 Å². The summed E-state index contributed by atoms with van der Waals surface area (Å²) in [6, 6.07) is 31.8. The molecule has 6 aliphatic rings. The van der Waals surface area contributed by atoms with Crippen molar-refractivity contribution in [3.05, 3.63) is 186 Å². The van der Waals surface area contributed by atoms with Crippen LogP contribution in [-0.4, -0.2) is 6.17 Å². The number of anilines is 2. The van der Waals surface area contributed by atoms with Crippen molar-refractivity contribution in [1.29, 1.82) is 0 Å². The number of allylic oxidation sites excluding steroid dienone is 14. The standard InChI is InChI=1S/C49H40N2/c1-2-15-38-36(13-1)37-14-3-6-18-41(37)45-30-35(27-28-42(38)45)34-12-9-11-33(29-34)31-23-25-32(26-24-31)49-50-46-21-10-20-44-40-17-5-4-16-39(40)43-19-7-8-22-47(43)51(49)48(44)46/h1-6,9-25,27-28,30,32-33,39-40,49-50H,7-8,26,29H2. The molecule has 0 bridgehead atoms. The average molecular weight is 657 g/mol. The minimum atomic E-state index is 0.192. The molecule has 5 aromatic rings. The summed E-state index contributed by atoms with van der Waals surface area (Å²) in [6.07, 6.45) is 33.3. The van der Waals surface area contributed by atoms with Crippen LogP contribution in [0.5, 0.6) is 0 Å². The second-order valence-corrected chi connectivity index (χ2v) is 15.1. The van der Waals surface area contributed by atoms with Crippen molar-refractivity contribution in [3.8, 4) is 0 Å². The Morgan fingerprint density at radius 2 is 1.37 bits per heavy atom. The first-order chi connectivity index (χ1) is 25.3. The summed E-state index contributed by atoms with van der Waals surface area (Å²) in [5.74, 6) is 1.52. The third-order valence-corrected chi connectivity index (χ3v) is 12.4. The van der Waals surface area contributed by atoms with Crippen molar-refractivity contribution < 1.29 is 0 Å². The molecule has 2 nitrogen and oxygen atoms in total. The summed E-state index contributed by atoms with van der Waals surface area (Å²) >= 11 is 0. The number of nitrogens with zero attached hydrogens (tertiary/aromatic N) is 1. The number of para-hydroxylation sites is 1. The van der Waals surface area contributed by atoms with E-state index in [1.165, 1.54) is 77.2 Å². The molecule has 2 aliphatic heterocycles. The summed E-state index contributed by atoms with van der Waals surface area (Å²) in [7, 11) is 0. The Balaban J connectivity index is 0.882. The van der Waals surface area contributed by atoms with Crippen molar-refractivity contribution in [2.24, 2.45) is 17.8 Å². The van der Waals surface area contributed by atoms with Gasteiger partial charge in [0.05, 0.1) is 11.4 Å². The normalized spacial score (nSPS) is 25.8. The quantitative estimate of drug-likeness (QED) is 0.194. The summed E-state index contributed by atoms with van der Waals surface area (Å²) < 4.78 is 0. The SMILES string of the molecule is C1=CC(C2=CCC(C3Nc4cccc5c4N3C3=CCCC=C3C3C=CC=CC53)C=C2)CC(c2ccc3c4ccccc4c4ccccc4c3c2)=C1. The summed E-state index contributed by atoms with van der Waals surface area (Å²) in [5, 5.41) is 12.0. The molecule has 4 aliphatic carbocycles. The van der Waals surface area contributed by atoms with E-state index >= 15 is 0 Å². The fourth-order valence-electron chi connectivity index (χ4n) is 9.97. The lowest BCUT2D eigenvalue weighted by atomic mass is 9.77. The minimum Gasteiger partial charge on any atom is -0.363 e. The third-order valence-electron chi connectivity index (χ3n) is 12.4. The van der Waals surface area contributed by atoms with Crippen LogP contribution >= 0.6 is 0 Å². The van der Waals surface area contributed by atoms with Crippen LogP contribution in [0.4, 0.5) is 11.4 Å². The highest BCUT2D eigenvalue weighted by Gasteiger charge is 2.44. The highest BCUT2D eigenvalue weighted by atomic mass is 15.3. The van der Waals surface area contributed by atoms with Gasteiger partial charge in [0.15, 0.2) is 0 Å². The van der Waals surface area contributed by atoms with Crippen LogP contribution in [0.25, 0.3) is 37.9 Å². The van der Waals surface area contributed by atoms with Gasteiger partial charge in [0.1, 0.15) is 6.17 Å². The van der Waals surface area contributed by atoms with Gasteiger partial charge in [-0.2, -0.15) is 0 Å². The lowest BCUT2D eigenvalue weighted by Gasteiger charge is -2.36. The molecule has 0 fully saturated rings. The second-order valence-electron chi connectivity index (χ2n) is 15.1. The monoisotopic (exact) mass is 656 g/mol. The fourth-order valence-corrected chi connectivity index (χ4v) is 9.97. The molecule has 246 valence electrons. The van der Waals surface area contributed by atoms with E-state index in [4.69, 9.17) is 0 Å². The van der Waals surface area contributed by atoms with E-state index in [1.807, 2.05) is 0 Å². The van der Waals surface area contributed by atoms with E-state index < -0.39 is 0 Å². The average Bonchev–Trinajstić information content (AvgIpc) is 3.55. The Morgan fingerprint density at radius 3 is 2.16 bits per heavy atom. The van der Waals surface area contributed by atoms with Gasteiger partial charge in [-0.25, -0.2) is 0 Å². The molecule has 5 atom stereocenters. The summed E-state index contributed by atoms with van der Waals surface area (Å²) in [4.78, 5) is 2.68. The first-order valence-electron chi connectivity index (χ1n) is 18.8. The molecule has 51 heavy (non-hydrogen) atoms. The molecule has 2 heterocycles. The van der Waals surface area contributed by atoms with Gasteiger partial charge in [-0.15, -0.1) is 0 Å². The van der Waals surface area contributed by atoms with E-state index in [-0.39, 0.29) is 6.17 Å². The van der Waals surface area contributed by atoms with Crippen LogP contribution in [0.2, 0.25) is 0 Å². The second kappa shape index (κ2) is 11.5. The molecule has 11 rings (SSSR count). The zero-order chi connectivity index (χ0) is 33.5. The fraction of sp³-hybridized carbons (Fsp3) is 0.184. The maximum absolute atomic E-state index is 4.02. The van der Waals surface area contributed by atoms with Gasteiger partial charge in [-0.3, -0.25) is 0 Å². The molecule has 0 saturated heterocycles. The Labute approximate surface area is 299 Å². The van der Waals surface area contributed by atoms with E-state index in [0.717, 1.165) is 25.7 Å². The van der Waals surface area contributed by atoms with Crippen LogP contribution in [0.3, 0.4) is 0 Å². The number of nitrogens with one attached hydrogen (secondary N) is 1. The van der Waals surface area contributed by atoms with Crippen molar-refractivity contribution in [2.45, 2.75) is 37.8 Å². The summed E-state index contributed by atoms with van der Waals surface area (Å²) in [6.45, 7) is 0. The van der Waals surface area contributed by atoms with Crippen molar-refractivity contribution in [2.75, 3.05) is 10.2 Å². The molecule has 0 amide bonds. The van der Waals surface area contributed by atoms with Gasteiger partial charge in [0, 0.05) is 29.4 Å². The molecule has 0 spiro atoms. The minimum absolute atomic E-state index is 0.192. The summed E-state index contributed by atoms with van der Waals surface area (Å²) in [5.41, 5.74) is 11.2. The number of fused-ring (bicyclic) bond motifs is 11. The molecule has 5 unspecified atom stereocenters. The van der Waals surface area contributed by atoms with Gasteiger partial charge in [-0.05, 0) is 98.0 Å². The Hall–Kier alpha value is -5.60. The smallest absolute Gasteiger partial charge is 0.111 e. The highest BCUT2D eigenvalue weighted by Crippen LogP contribution is 2.54. The molecule has 5 aromatic carbocycles. The number of rotatable bonds is 3. The van der Waals surface area contributed by atoms with E-state index in [9.17, 15) is 0 Å². The van der Waals surface area contributed by atoms with E-state index in [1.54, 1.807) is 0 Å². The van der Waals surface area contributed by atoms with Crippen LogP contribution < -0.4 is 10.2 Å². The number of hydrogen-bond donors (Lipinski definition) is 1. The van der Waals surface area contributed by atoms with Gasteiger partial charge in [0.25, 0.3) is 0 Å². The molecule has 0 saturated carbocycles. The first-order valence-corrected chi connectivity index (χ1v) is 18.8. The van der Waals surface area contributed by atoms with Crippen LogP contribution in [0.15, 0.2) is 175 Å². The Bertz CT molecular complexity index is 2510. The lowest BCUT2D eigenvalue weighted by molar-refractivity contribution is 0.533. The van der Waals surface area contributed by atoms with Crippen LogP contribution in [0, 0.1) is 17.8 Å². The largest absolute Gasteiger partial charge is 0.363 e. The molecule has 1 N–H and O–H groups in total. The molecular formula is C49H40N2. The predicted octanol–water partition coefficient (Wildman–Crippen LogP) is 12.3. The maximum atomic E-state index is 4.02. The van der Waals surface area contributed by atoms with Gasteiger partial charge in [-0.1, -0.05) is 146 Å². The van der Waals surface area contributed by atoms with E-state index in [2.05, 4.69) is 168 Å². The van der Waals surface area contributed by atoms with Crippen molar-refractivity contribution >= 4 is 49.3 Å². The third kappa shape index (κ3) is 4.49. The predicted molar refractivity (Wildman–Crippen MR) is 216 cm³/mol. The Kier molecular flexibility index (Phi) is 6.56. The molecule has 2 heteroatoms. The van der Waals surface area contributed by atoms with Gasteiger partial charge in [0.2, 0.25) is 0 Å². The van der Waals surface area contributed by atoms with Crippen molar-refractivity contribution in [3.63, 3.8) is 0 Å². The van der Waals surface area contributed by atoms with Crippen LogP contribution in [-0.2, 0) is 0 Å². The molecular weight excluding hydrogens is 617 g/mol. The Morgan fingerprint density at radius 1 is 0.627 bits per heavy atom. The number of hydrogen-bond acceptors (Lipinski definition) is 2. The van der Waals surface area contributed by atoms with Crippen molar-refractivity contribution in [1.82, 2.24) is 0 Å². The molecule has 0 radical (unpaired) electrons. The van der Waals surface area contributed by atoms with Gasteiger partial charge < -0.3 is 10.2 Å². The zero-order valence-corrected chi connectivity index (χ0v) is 28.7. The topological polar surface area (TPSA) is 15.3 Å². The lowest BCUT2D eigenvalue weighted by Crippen LogP contribution is -2.41. The number of benzene rings is 5. The first kappa shape index (κ1) is 29.2. The zero-order valence-electron chi connectivity index (χ0n) is 28.7. The molecule has 0 aromatic heterocycles. The van der Waals surface area contributed by atoms with Crippen LogP contribution in [0.1, 0.15) is 42.7 Å². The maximum Gasteiger partial charge on any atom is 0.111 e. The van der Waals surface area contributed by atoms with E-state index in [0.29, 0.717) is 23.7 Å².